The molecule has 0 aromatic carbocycles. The van der Waals surface area contributed by atoms with Gasteiger partial charge in [0.05, 0.1) is 10.7 Å². The quantitative estimate of drug-likeness (QED) is 0.510. The zero-order valence-electron chi connectivity index (χ0n) is 9.77. The number of hydrogen-bond donors (Lipinski definition) is 1. The normalized spacial score (nSPS) is 10.4. The maximum atomic E-state index is 11.6. The molecule has 0 bridgehead atoms. The fourth-order valence-electron chi connectivity index (χ4n) is 1.18. The van der Waals surface area contributed by atoms with E-state index in [4.69, 9.17) is 0 Å². The third kappa shape index (κ3) is 3.51. The van der Waals surface area contributed by atoms with E-state index in [9.17, 15) is 14.9 Å². The second-order valence-electron chi connectivity index (χ2n) is 3.42. The molecule has 2 heterocycles. The van der Waals surface area contributed by atoms with Gasteiger partial charge in [0.2, 0.25) is 5.91 Å². The molecule has 0 saturated carbocycles. The predicted molar refractivity (Wildman–Crippen MR) is 71.3 cm³/mol. The van der Waals surface area contributed by atoms with Crippen molar-refractivity contribution in [3.05, 3.63) is 28.7 Å². The van der Waals surface area contributed by atoms with Gasteiger partial charge in [-0.2, -0.15) is 0 Å². The number of thioether (sulfide) groups is 1. The van der Waals surface area contributed by atoms with Crippen molar-refractivity contribution in [1.82, 2.24) is 14.5 Å². The second kappa shape index (κ2) is 5.80. The molecule has 2 rings (SSSR count). The number of nitrogens with one attached hydrogen (secondary N) is 1. The first-order chi connectivity index (χ1) is 9.06. The van der Waals surface area contributed by atoms with Crippen molar-refractivity contribution in [3.63, 3.8) is 0 Å². The molecule has 2 aromatic rings. The Morgan fingerprint density at radius 1 is 1.63 bits per heavy atom. The van der Waals surface area contributed by atoms with Gasteiger partial charge >= 0.3 is 5.00 Å². The SMILES string of the molecule is Cn1ccnc1SCC(=O)Nc1ncc([N+](=O)[O-])s1. The summed E-state index contributed by atoms with van der Waals surface area (Å²) in [5, 5.41) is 13.8. The number of hydrogen-bond acceptors (Lipinski definition) is 7. The first-order valence-electron chi connectivity index (χ1n) is 5.06. The van der Waals surface area contributed by atoms with Crippen molar-refractivity contribution < 1.29 is 9.72 Å². The largest absolute Gasteiger partial charge is 0.345 e. The van der Waals surface area contributed by atoms with Gasteiger partial charge < -0.3 is 9.88 Å². The number of thiazole rings is 1. The van der Waals surface area contributed by atoms with E-state index in [-0.39, 0.29) is 21.8 Å². The van der Waals surface area contributed by atoms with E-state index in [1.807, 2.05) is 7.05 Å². The number of rotatable bonds is 5. The summed E-state index contributed by atoms with van der Waals surface area (Å²) in [6, 6.07) is 0. The molecular formula is C9H9N5O3S2. The number of imidazole rings is 1. The standard InChI is InChI=1S/C9H9N5O3S2/c1-13-3-2-10-9(13)18-5-6(15)12-8-11-4-7(19-8)14(16)17/h2-4H,5H2,1H3,(H,11,12,15). The van der Waals surface area contributed by atoms with E-state index in [2.05, 4.69) is 15.3 Å². The van der Waals surface area contributed by atoms with Crippen LogP contribution in [0.5, 0.6) is 0 Å². The van der Waals surface area contributed by atoms with E-state index in [0.29, 0.717) is 0 Å². The summed E-state index contributed by atoms with van der Waals surface area (Å²) in [6.45, 7) is 0. The fraction of sp³-hybridized carbons (Fsp3) is 0.222. The van der Waals surface area contributed by atoms with Crippen molar-refractivity contribution in [2.45, 2.75) is 5.16 Å². The van der Waals surface area contributed by atoms with Gasteiger partial charge in [0.25, 0.3) is 0 Å². The Bertz CT molecular complexity index is 609. The first-order valence-corrected chi connectivity index (χ1v) is 6.86. The molecule has 8 nitrogen and oxygen atoms in total. The molecule has 19 heavy (non-hydrogen) atoms. The Morgan fingerprint density at radius 3 is 3.00 bits per heavy atom. The molecule has 1 N–H and O–H groups in total. The highest BCUT2D eigenvalue weighted by molar-refractivity contribution is 7.99. The van der Waals surface area contributed by atoms with Gasteiger partial charge in [0, 0.05) is 19.4 Å². The molecule has 1 amide bonds. The number of amides is 1. The molecule has 2 aromatic heterocycles. The topological polar surface area (TPSA) is 103 Å². The van der Waals surface area contributed by atoms with Crippen LogP contribution in [-0.2, 0) is 11.8 Å². The van der Waals surface area contributed by atoms with Crippen molar-refractivity contribution in [2.75, 3.05) is 11.1 Å². The second-order valence-corrected chi connectivity index (χ2v) is 5.37. The van der Waals surface area contributed by atoms with E-state index in [1.54, 1.807) is 17.0 Å². The molecular weight excluding hydrogens is 290 g/mol. The maximum absolute atomic E-state index is 11.6. The van der Waals surface area contributed by atoms with E-state index in [1.165, 1.54) is 11.8 Å². The number of carbonyl (C=O) groups is 1. The average Bonchev–Trinajstić information content (AvgIpc) is 2.96. The minimum atomic E-state index is -0.546. The summed E-state index contributed by atoms with van der Waals surface area (Å²) in [5.74, 6) is -0.115. The van der Waals surface area contributed by atoms with E-state index < -0.39 is 4.92 Å². The van der Waals surface area contributed by atoms with Crippen LogP contribution in [0.25, 0.3) is 0 Å². The third-order valence-corrected chi connectivity index (χ3v) is 3.95. The molecule has 0 aliphatic carbocycles. The number of aromatic nitrogens is 3. The molecule has 0 saturated heterocycles. The molecule has 0 spiro atoms. The molecule has 0 aliphatic heterocycles. The summed E-state index contributed by atoms with van der Waals surface area (Å²) < 4.78 is 1.80. The van der Waals surface area contributed by atoms with Crippen LogP contribution in [0.4, 0.5) is 10.1 Å². The van der Waals surface area contributed by atoms with Crippen LogP contribution >= 0.6 is 23.1 Å². The highest BCUT2D eigenvalue weighted by Gasteiger charge is 2.13. The van der Waals surface area contributed by atoms with Crippen LogP contribution in [0.2, 0.25) is 0 Å². The summed E-state index contributed by atoms with van der Waals surface area (Å²) in [7, 11) is 1.83. The van der Waals surface area contributed by atoms with Gasteiger partial charge in [-0.1, -0.05) is 11.8 Å². The summed E-state index contributed by atoms with van der Waals surface area (Å²) in [4.78, 5) is 29.4. The van der Waals surface area contributed by atoms with Gasteiger partial charge in [-0.05, 0) is 11.3 Å². The smallest absolute Gasteiger partial charge is 0.329 e. The summed E-state index contributed by atoms with van der Waals surface area (Å²) >= 11 is 2.10. The van der Waals surface area contributed by atoms with Crippen molar-refractivity contribution >= 4 is 39.1 Å². The van der Waals surface area contributed by atoms with Crippen LogP contribution < -0.4 is 5.32 Å². The first kappa shape index (κ1) is 13.5. The molecule has 0 fully saturated rings. The Kier molecular flexibility index (Phi) is 4.12. The van der Waals surface area contributed by atoms with Crippen molar-refractivity contribution in [2.24, 2.45) is 7.05 Å². The Morgan fingerprint density at radius 2 is 2.42 bits per heavy atom. The third-order valence-electron chi connectivity index (χ3n) is 2.03. The number of aryl methyl sites for hydroxylation is 1. The summed E-state index contributed by atoms with van der Waals surface area (Å²) in [5.41, 5.74) is 0. The van der Waals surface area contributed by atoms with E-state index in [0.717, 1.165) is 22.7 Å². The minimum absolute atomic E-state index is 0.105. The number of nitrogens with zero attached hydrogens (tertiary/aromatic N) is 4. The fourth-order valence-corrected chi connectivity index (χ4v) is 2.56. The van der Waals surface area contributed by atoms with Crippen LogP contribution in [0.3, 0.4) is 0 Å². The lowest BCUT2D eigenvalue weighted by Gasteiger charge is -2.01. The van der Waals surface area contributed by atoms with Crippen LogP contribution in [-0.4, -0.2) is 31.1 Å². The van der Waals surface area contributed by atoms with Crippen LogP contribution in [0.15, 0.2) is 23.7 Å². The van der Waals surface area contributed by atoms with Crippen LogP contribution in [0.1, 0.15) is 0 Å². The predicted octanol–water partition coefficient (Wildman–Crippen LogP) is 1.52. The molecule has 0 radical (unpaired) electrons. The van der Waals surface area contributed by atoms with Crippen LogP contribution in [0, 0.1) is 10.1 Å². The van der Waals surface area contributed by atoms with Gasteiger partial charge in [0.15, 0.2) is 10.3 Å². The van der Waals surface area contributed by atoms with Gasteiger partial charge in [-0.25, -0.2) is 9.97 Å². The van der Waals surface area contributed by atoms with Gasteiger partial charge in [-0.3, -0.25) is 14.9 Å². The summed E-state index contributed by atoms with van der Waals surface area (Å²) in [6.07, 6.45) is 4.54. The maximum Gasteiger partial charge on any atom is 0.345 e. The average molecular weight is 299 g/mol. The molecule has 0 aliphatic rings. The molecule has 0 atom stereocenters. The highest BCUT2D eigenvalue weighted by atomic mass is 32.2. The lowest BCUT2D eigenvalue weighted by molar-refractivity contribution is -0.380. The van der Waals surface area contributed by atoms with Crippen molar-refractivity contribution in [3.8, 4) is 0 Å². The Balaban J connectivity index is 1.87. The highest BCUT2D eigenvalue weighted by Crippen LogP contribution is 2.25. The van der Waals surface area contributed by atoms with Gasteiger partial charge in [0.1, 0.15) is 6.20 Å². The minimum Gasteiger partial charge on any atom is -0.329 e. The Labute approximate surface area is 116 Å². The van der Waals surface area contributed by atoms with E-state index >= 15 is 0 Å². The molecule has 0 unspecified atom stereocenters. The zero-order valence-corrected chi connectivity index (χ0v) is 11.4. The molecule has 100 valence electrons. The lowest BCUT2D eigenvalue weighted by atomic mass is 10.7. The van der Waals surface area contributed by atoms with Crippen molar-refractivity contribution in [1.29, 1.82) is 0 Å². The van der Waals surface area contributed by atoms with Gasteiger partial charge in [-0.15, -0.1) is 0 Å². The zero-order chi connectivity index (χ0) is 13.8. The monoisotopic (exact) mass is 299 g/mol. The number of anilines is 1. The number of carbonyl (C=O) groups excluding carboxylic acids is 1. The number of nitro groups is 1. The Hall–Kier alpha value is -1.94. The molecule has 10 heteroatoms. The lowest BCUT2D eigenvalue weighted by Crippen LogP contribution is -2.14.